The van der Waals surface area contributed by atoms with E-state index in [2.05, 4.69) is 54.3 Å². The molecule has 1 heterocycles. The van der Waals surface area contributed by atoms with Crippen LogP contribution in [-0.4, -0.2) is 41.1 Å². The average molecular weight is 268 g/mol. The largest absolute Gasteiger partial charge is 0.355 e. The predicted molar refractivity (Wildman–Crippen MR) is 80.3 cm³/mol. The molecule has 0 aliphatic heterocycles. The molecule has 1 atom stereocenters. The molecule has 0 aliphatic carbocycles. The first kappa shape index (κ1) is 15.2. The van der Waals surface area contributed by atoms with Gasteiger partial charge in [-0.1, -0.05) is 13.8 Å². The van der Waals surface area contributed by atoms with Gasteiger partial charge in [-0.2, -0.15) is 11.8 Å². The molecule has 0 aromatic carbocycles. The van der Waals surface area contributed by atoms with Crippen LogP contribution in [0.25, 0.3) is 0 Å². The van der Waals surface area contributed by atoms with Crippen molar-refractivity contribution in [2.24, 2.45) is 0 Å². The summed E-state index contributed by atoms with van der Waals surface area (Å²) in [5.74, 6) is 2.03. The molecule has 0 saturated heterocycles. The van der Waals surface area contributed by atoms with Crippen molar-refractivity contribution in [3.63, 3.8) is 0 Å². The second kappa shape index (κ2) is 7.59. The van der Waals surface area contributed by atoms with E-state index in [-0.39, 0.29) is 0 Å². The standard InChI is InChI=1S/C13H24N4S/c1-10(2)14-6-12-7-16-13(8-15-12)17(4)11(3)9-18-5/h7-8,10-11,14H,6,9H2,1-5H3. The molecule has 0 bridgehead atoms. The van der Waals surface area contributed by atoms with Crippen LogP contribution in [0, 0.1) is 0 Å². The number of thioether (sulfide) groups is 1. The molecular weight excluding hydrogens is 244 g/mol. The summed E-state index contributed by atoms with van der Waals surface area (Å²) >= 11 is 1.85. The minimum atomic E-state index is 0.467. The van der Waals surface area contributed by atoms with E-state index in [0.29, 0.717) is 12.1 Å². The zero-order chi connectivity index (χ0) is 13.5. The molecule has 18 heavy (non-hydrogen) atoms. The molecule has 1 rings (SSSR count). The Kier molecular flexibility index (Phi) is 6.43. The predicted octanol–water partition coefficient (Wildman–Crippen LogP) is 2.16. The summed E-state index contributed by atoms with van der Waals surface area (Å²) < 4.78 is 0. The van der Waals surface area contributed by atoms with Crippen molar-refractivity contribution in [2.75, 3.05) is 24.0 Å². The van der Waals surface area contributed by atoms with Crippen molar-refractivity contribution in [1.29, 1.82) is 0 Å². The van der Waals surface area contributed by atoms with Crippen molar-refractivity contribution in [1.82, 2.24) is 15.3 Å². The van der Waals surface area contributed by atoms with Crippen LogP contribution in [-0.2, 0) is 6.54 Å². The summed E-state index contributed by atoms with van der Waals surface area (Å²) in [6.07, 6.45) is 5.83. The van der Waals surface area contributed by atoms with E-state index in [1.807, 2.05) is 24.2 Å². The number of anilines is 1. The first-order valence-corrected chi connectivity index (χ1v) is 7.70. The quantitative estimate of drug-likeness (QED) is 0.821. The molecule has 0 saturated carbocycles. The van der Waals surface area contributed by atoms with Crippen molar-refractivity contribution >= 4 is 17.6 Å². The van der Waals surface area contributed by atoms with Gasteiger partial charge in [0.2, 0.25) is 0 Å². The highest BCUT2D eigenvalue weighted by atomic mass is 32.2. The van der Waals surface area contributed by atoms with Crippen molar-refractivity contribution in [2.45, 2.75) is 39.4 Å². The van der Waals surface area contributed by atoms with E-state index in [0.717, 1.165) is 23.8 Å². The summed E-state index contributed by atoms with van der Waals surface area (Å²) in [6.45, 7) is 7.22. The Hall–Kier alpha value is -0.810. The first-order chi connectivity index (χ1) is 8.54. The van der Waals surface area contributed by atoms with Gasteiger partial charge in [0.05, 0.1) is 18.1 Å². The van der Waals surface area contributed by atoms with Gasteiger partial charge in [0, 0.05) is 31.4 Å². The molecule has 0 aliphatic rings. The van der Waals surface area contributed by atoms with E-state index < -0.39 is 0 Å². The Balaban J connectivity index is 2.58. The first-order valence-electron chi connectivity index (χ1n) is 6.30. The second-order valence-corrected chi connectivity index (χ2v) is 5.73. The third-order valence-corrected chi connectivity index (χ3v) is 3.63. The summed E-state index contributed by atoms with van der Waals surface area (Å²) in [6, 6.07) is 0.935. The fourth-order valence-electron chi connectivity index (χ4n) is 1.51. The fraction of sp³-hybridized carbons (Fsp3) is 0.692. The van der Waals surface area contributed by atoms with Crippen LogP contribution in [0.5, 0.6) is 0 Å². The Labute approximate surface area is 115 Å². The molecule has 1 aromatic heterocycles. The molecule has 1 N–H and O–H groups in total. The van der Waals surface area contributed by atoms with Gasteiger partial charge in [0.1, 0.15) is 5.82 Å². The SMILES string of the molecule is CSCC(C)N(C)c1cnc(CNC(C)C)cn1. The highest BCUT2D eigenvalue weighted by Gasteiger charge is 2.10. The molecule has 0 spiro atoms. The Bertz CT molecular complexity index is 339. The molecule has 5 heteroatoms. The molecule has 0 fully saturated rings. The average Bonchev–Trinajstić information content (AvgIpc) is 2.36. The zero-order valence-corrected chi connectivity index (χ0v) is 12.8. The highest BCUT2D eigenvalue weighted by Crippen LogP contribution is 2.12. The molecule has 1 aromatic rings. The number of nitrogens with zero attached hydrogens (tertiary/aromatic N) is 3. The van der Waals surface area contributed by atoms with Gasteiger partial charge < -0.3 is 10.2 Å². The third kappa shape index (κ3) is 4.82. The minimum absolute atomic E-state index is 0.467. The van der Waals surface area contributed by atoms with Gasteiger partial charge in [-0.05, 0) is 13.2 Å². The Morgan fingerprint density at radius 3 is 2.50 bits per heavy atom. The molecule has 102 valence electrons. The summed E-state index contributed by atoms with van der Waals surface area (Å²) in [7, 11) is 2.07. The van der Waals surface area contributed by atoms with E-state index >= 15 is 0 Å². The van der Waals surface area contributed by atoms with Crippen molar-refractivity contribution < 1.29 is 0 Å². The molecule has 1 unspecified atom stereocenters. The maximum absolute atomic E-state index is 4.47. The molecule has 0 amide bonds. The van der Waals surface area contributed by atoms with Crippen molar-refractivity contribution in [3.8, 4) is 0 Å². The van der Waals surface area contributed by atoms with Crippen LogP contribution in [0.2, 0.25) is 0 Å². The van der Waals surface area contributed by atoms with E-state index in [1.165, 1.54) is 0 Å². The van der Waals surface area contributed by atoms with Crippen LogP contribution >= 0.6 is 11.8 Å². The lowest BCUT2D eigenvalue weighted by molar-refractivity contribution is 0.580. The van der Waals surface area contributed by atoms with Gasteiger partial charge in [-0.3, -0.25) is 4.98 Å². The minimum Gasteiger partial charge on any atom is -0.355 e. The number of hydrogen-bond donors (Lipinski definition) is 1. The summed E-state index contributed by atoms with van der Waals surface area (Å²) in [5.41, 5.74) is 0.985. The fourth-order valence-corrected chi connectivity index (χ4v) is 2.21. The van der Waals surface area contributed by atoms with Gasteiger partial charge in [-0.15, -0.1) is 0 Å². The zero-order valence-electron chi connectivity index (χ0n) is 12.0. The number of aromatic nitrogens is 2. The second-order valence-electron chi connectivity index (χ2n) is 4.82. The van der Waals surface area contributed by atoms with E-state index in [9.17, 15) is 0 Å². The van der Waals surface area contributed by atoms with Crippen LogP contribution in [0.15, 0.2) is 12.4 Å². The maximum Gasteiger partial charge on any atom is 0.147 e. The summed E-state index contributed by atoms with van der Waals surface area (Å²) in [5, 5.41) is 3.33. The lowest BCUT2D eigenvalue weighted by atomic mass is 10.3. The van der Waals surface area contributed by atoms with Crippen LogP contribution in [0.4, 0.5) is 5.82 Å². The van der Waals surface area contributed by atoms with Gasteiger partial charge in [0.15, 0.2) is 0 Å². The normalized spacial score (nSPS) is 12.8. The number of nitrogens with one attached hydrogen (secondary N) is 1. The van der Waals surface area contributed by atoms with Crippen LogP contribution in [0.3, 0.4) is 0 Å². The Morgan fingerprint density at radius 2 is 2.00 bits per heavy atom. The monoisotopic (exact) mass is 268 g/mol. The molecular formula is C13H24N4S. The smallest absolute Gasteiger partial charge is 0.147 e. The van der Waals surface area contributed by atoms with E-state index in [4.69, 9.17) is 0 Å². The van der Waals surface area contributed by atoms with Crippen LogP contribution < -0.4 is 10.2 Å². The number of hydrogen-bond acceptors (Lipinski definition) is 5. The van der Waals surface area contributed by atoms with Crippen LogP contribution in [0.1, 0.15) is 26.5 Å². The van der Waals surface area contributed by atoms with Gasteiger partial charge in [-0.25, -0.2) is 4.98 Å². The maximum atomic E-state index is 4.47. The molecule has 0 radical (unpaired) electrons. The Morgan fingerprint density at radius 1 is 1.28 bits per heavy atom. The molecule has 4 nitrogen and oxygen atoms in total. The summed E-state index contributed by atoms with van der Waals surface area (Å²) in [4.78, 5) is 11.1. The highest BCUT2D eigenvalue weighted by molar-refractivity contribution is 7.98. The van der Waals surface area contributed by atoms with Crippen molar-refractivity contribution in [3.05, 3.63) is 18.1 Å². The topological polar surface area (TPSA) is 41.1 Å². The third-order valence-electron chi connectivity index (χ3n) is 2.81. The van der Waals surface area contributed by atoms with E-state index in [1.54, 1.807) is 0 Å². The lowest BCUT2D eigenvalue weighted by Crippen LogP contribution is -2.31. The lowest BCUT2D eigenvalue weighted by Gasteiger charge is -2.25. The van der Waals surface area contributed by atoms with Gasteiger partial charge >= 0.3 is 0 Å². The number of rotatable bonds is 7. The van der Waals surface area contributed by atoms with Gasteiger partial charge in [0.25, 0.3) is 0 Å².